The van der Waals surface area contributed by atoms with Gasteiger partial charge in [-0.05, 0) is 11.6 Å². The summed E-state index contributed by atoms with van der Waals surface area (Å²) in [6.45, 7) is 0.553. The first-order chi connectivity index (χ1) is 8.72. The summed E-state index contributed by atoms with van der Waals surface area (Å²) in [5, 5.41) is 0.708. The monoisotopic (exact) mass is 278 g/mol. The zero-order valence-corrected chi connectivity index (χ0v) is 10.7. The summed E-state index contributed by atoms with van der Waals surface area (Å²) in [5.74, 6) is 0. The van der Waals surface area contributed by atoms with Gasteiger partial charge in [-0.25, -0.2) is 0 Å². The quantitative estimate of drug-likeness (QED) is 0.625. The molecule has 0 bridgehead atoms. The van der Waals surface area contributed by atoms with Crippen molar-refractivity contribution in [1.82, 2.24) is 4.57 Å². The number of benzene rings is 1. The zero-order chi connectivity index (χ0) is 12.7. The molecule has 2 aromatic rings. The molecule has 1 aliphatic rings. The fourth-order valence-corrected chi connectivity index (χ4v) is 2.67. The number of carbonyl (C=O) groups excluding carboxylic acids is 1. The van der Waals surface area contributed by atoms with Crippen LogP contribution in [0.4, 0.5) is 5.69 Å². The molecular weight excluding hydrogens is 271 g/mol. The van der Waals surface area contributed by atoms with E-state index in [4.69, 9.17) is 23.2 Å². The van der Waals surface area contributed by atoms with E-state index in [9.17, 15) is 4.79 Å². The topological polar surface area (TPSA) is 34.4 Å². The van der Waals surface area contributed by atoms with Gasteiger partial charge in [0.05, 0.1) is 34.7 Å². The predicted octanol–water partition coefficient (Wildman–Crippen LogP) is 3.72. The van der Waals surface area contributed by atoms with Crippen LogP contribution in [0.1, 0.15) is 21.6 Å². The molecule has 0 spiro atoms. The number of hydrogen-bond donors (Lipinski definition) is 0. The summed E-state index contributed by atoms with van der Waals surface area (Å²) in [4.78, 5) is 15.3. The second-order valence-electron chi connectivity index (χ2n) is 3.99. The maximum atomic E-state index is 11.0. The van der Waals surface area contributed by atoms with E-state index >= 15 is 0 Å². The van der Waals surface area contributed by atoms with Crippen LogP contribution in [0.25, 0.3) is 0 Å². The molecule has 5 heteroatoms. The van der Waals surface area contributed by atoms with Gasteiger partial charge in [0.2, 0.25) is 0 Å². The standard InChI is InChI=1S/C13H8Cl2N2O/c14-12-9(7-18)13(15)17-6-8-3-1-2-4-10(8)16-5-11(12)17/h1-5,7H,6H2. The Morgan fingerprint density at radius 3 is 2.83 bits per heavy atom. The molecule has 0 N–H and O–H groups in total. The fraction of sp³-hybridized carbons (Fsp3) is 0.0769. The molecule has 3 rings (SSSR count). The van der Waals surface area contributed by atoms with E-state index in [0.29, 0.717) is 34.3 Å². The van der Waals surface area contributed by atoms with Gasteiger partial charge in [-0.15, -0.1) is 0 Å². The second-order valence-corrected chi connectivity index (χ2v) is 4.73. The number of halogens is 2. The van der Waals surface area contributed by atoms with Crippen molar-refractivity contribution in [3.8, 4) is 0 Å². The van der Waals surface area contributed by atoms with Gasteiger partial charge in [0.25, 0.3) is 0 Å². The van der Waals surface area contributed by atoms with Crippen molar-refractivity contribution >= 4 is 41.4 Å². The van der Waals surface area contributed by atoms with E-state index < -0.39 is 0 Å². The first-order valence-corrected chi connectivity index (χ1v) is 6.12. The summed E-state index contributed by atoms with van der Waals surface area (Å²) >= 11 is 12.3. The second kappa shape index (κ2) is 4.26. The molecule has 18 heavy (non-hydrogen) atoms. The largest absolute Gasteiger partial charge is 0.324 e. The van der Waals surface area contributed by atoms with Crippen molar-refractivity contribution < 1.29 is 4.79 Å². The molecule has 0 saturated carbocycles. The maximum absolute atomic E-state index is 11.0. The SMILES string of the molecule is O=Cc1c(Cl)c2n(c1Cl)Cc1ccccc1N=C2. The van der Waals surface area contributed by atoms with Gasteiger partial charge in [-0.1, -0.05) is 41.4 Å². The highest BCUT2D eigenvalue weighted by atomic mass is 35.5. The molecule has 90 valence electrons. The molecule has 0 radical (unpaired) electrons. The van der Waals surface area contributed by atoms with Gasteiger partial charge in [0.1, 0.15) is 5.15 Å². The molecule has 0 fully saturated rings. The van der Waals surface area contributed by atoms with E-state index in [1.54, 1.807) is 10.8 Å². The number of fused-ring (bicyclic) bond motifs is 2. The van der Waals surface area contributed by atoms with E-state index in [1.165, 1.54) is 0 Å². The Labute approximate surface area is 114 Å². The molecule has 1 aromatic heterocycles. The molecule has 0 amide bonds. The maximum Gasteiger partial charge on any atom is 0.154 e. The Hall–Kier alpha value is -1.58. The molecule has 2 heterocycles. The zero-order valence-electron chi connectivity index (χ0n) is 9.23. The van der Waals surface area contributed by atoms with Crippen molar-refractivity contribution in [3.63, 3.8) is 0 Å². The molecular formula is C13H8Cl2N2O. The first-order valence-electron chi connectivity index (χ1n) is 5.37. The van der Waals surface area contributed by atoms with Gasteiger partial charge in [-0.2, -0.15) is 0 Å². The lowest BCUT2D eigenvalue weighted by Crippen LogP contribution is -2.02. The van der Waals surface area contributed by atoms with Crippen LogP contribution in [0.3, 0.4) is 0 Å². The number of nitrogens with zero attached hydrogens (tertiary/aromatic N) is 2. The third-order valence-corrected chi connectivity index (χ3v) is 3.78. The normalized spacial score (nSPS) is 12.8. The number of rotatable bonds is 1. The Balaban J connectivity index is 2.25. The first kappa shape index (κ1) is 11.5. The Morgan fingerprint density at radius 2 is 2.06 bits per heavy atom. The van der Waals surface area contributed by atoms with Gasteiger partial charge < -0.3 is 4.57 Å². The summed E-state index contributed by atoms with van der Waals surface area (Å²) in [7, 11) is 0. The Bertz CT molecular complexity index is 674. The highest BCUT2D eigenvalue weighted by molar-refractivity contribution is 6.40. The third kappa shape index (κ3) is 1.59. The van der Waals surface area contributed by atoms with Gasteiger partial charge in [0.15, 0.2) is 6.29 Å². The van der Waals surface area contributed by atoms with Crippen molar-refractivity contribution in [2.75, 3.05) is 0 Å². The van der Waals surface area contributed by atoms with Crippen LogP contribution in [0, 0.1) is 0 Å². The minimum Gasteiger partial charge on any atom is -0.324 e. The smallest absolute Gasteiger partial charge is 0.154 e. The molecule has 0 aliphatic carbocycles. The van der Waals surface area contributed by atoms with Crippen molar-refractivity contribution in [2.24, 2.45) is 4.99 Å². The van der Waals surface area contributed by atoms with Gasteiger partial charge in [0, 0.05) is 0 Å². The van der Waals surface area contributed by atoms with Crippen LogP contribution >= 0.6 is 23.2 Å². The van der Waals surface area contributed by atoms with E-state index in [-0.39, 0.29) is 0 Å². The number of carbonyl (C=O) groups is 1. The number of aliphatic imine (C=N–C) groups is 1. The van der Waals surface area contributed by atoms with Crippen LogP contribution < -0.4 is 0 Å². The number of hydrogen-bond acceptors (Lipinski definition) is 2. The molecule has 1 aromatic carbocycles. The number of aldehydes is 1. The molecule has 3 nitrogen and oxygen atoms in total. The minimum absolute atomic E-state index is 0.319. The summed E-state index contributed by atoms with van der Waals surface area (Å²) in [6.07, 6.45) is 2.32. The lowest BCUT2D eigenvalue weighted by Gasteiger charge is -2.07. The molecule has 0 saturated heterocycles. The van der Waals surface area contributed by atoms with E-state index in [1.807, 2.05) is 24.3 Å². The van der Waals surface area contributed by atoms with Crippen molar-refractivity contribution in [1.29, 1.82) is 0 Å². The van der Waals surface area contributed by atoms with Crippen molar-refractivity contribution in [2.45, 2.75) is 6.54 Å². The van der Waals surface area contributed by atoms with E-state index in [0.717, 1.165) is 11.3 Å². The Kier molecular flexibility index (Phi) is 2.73. The summed E-state index contributed by atoms with van der Waals surface area (Å²) in [5.41, 5.74) is 2.92. The molecule has 0 unspecified atom stereocenters. The fourth-order valence-electron chi connectivity index (χ4n) is 2.05. The minimum atomic E-state index is 0.319. The van der Waals surface area contributed by atoms with Crippen LogP contribution in [-0.4, -0.2) is 17.1 Å². The lowest BCUT2D eigenvalue weighted by atomic mass is 10.2. The third-order valence-electron chi connectivity index (χ3n) is 2.98. The van der Waals surface area contributed by atoms with Crippen LogP contribution in [0.2, 0.25) is 10.2 Å². The van der Waals surface area contributed by atoms with Crippen LogP contribution in [0.15, 0.2) is 29.3 Å². The van der Waals surface area contributed by atoms with Crippen molar-refractivity contribution in [3.05, 3.63) is 51.3 Å². The average Bonchev–Trinajstić information content (AvgIpc) is 2.55. The average molecular weight is 279 g/mol. The predicted molar refractivity (Wildman–Crippen MR) is 72.6 cm³/mol. The number of para-hydroxylation sites is 1. The lowest BCUT2D eigenvalue weighted by molar-refractivity contribution is 0.112. The van der Waals surface area contributed by atoms with Gasteiger partial charge >= 0.3 is 0 Å². The number of aromatic nitrogens is 1. The summed E-state index contributed by atoms with van der Waals surface area (Å²) in [6, 6.07) is 7.78. The molecule has 1 aliphatic heterocycles. The molecule has 0 atom stereocenters. The highest BCUT2D eigenvalue weighted by Crippen LogP contribution is 2.33. The summed E-state index contributed by atoms with van der Waals surface area (Å²) < 4.78 is 1.79. The Morgan fingerprint density at radius 1 is 1.28 bits per heavy atom. The van der Waals surface area contributed by atoms with Crippen LogP contribution in [-0.2, 0) is 6.54 Å². The van der Waals surface area contributed by atoms with Crippen LogP contribution in [0.5, 0.6) is 0 Å². The van der Waals surface area contributed by atoms with Gasteiger partial charge in [-0.3, -0.25) is 9.79 Å². The highest BCUT2D eigenvalue weighted by Gasteiger charge is 2.21. The van der Waals surface area contributed by atoms with E-state index in [2.05, 4.69) is 4.99 Å².